The molecule has 10 heteroatoms. The smallest absolute Gasteiger partial charge is 0.229 e. The van der Waals surface area contributed by atoms with Gasteiger partial charge in [-0.05, 0) is 35.4 Å². The summed E-state index contributed by atoms with van der Waals surface area (Å²) in [6.07, 6.45) is 5.22. The van der Waals surface area contributed by atoms with E-state index in [9.17, 15) is 16.8 Å². The second-order valence-corrected chi connectivity index (χ2v) is 8.98. The van der Waals surface area contributed by atoms with Gasteiger partial charge in [-0.25, -0.2) is 16.8 Å². The van der Waals surface area contributed by atoms with E-state index in [0.717, 1.165) is 23.6 Å². The minimum absolute atomic E-state index is 0.468. The maximum absolute atomic E-state index is 11.1. The fourth-order valence-corrected chi connectivity index (χ4v) is 3.03. The lowest BCUT2D eigenvalue weighted by Crippen LogP contribution is -2.09. The zero-order valence-corrected chi connectivity index (χ0v) is 15.8. The van der Waals surface area contributed by atoms with E-state index in [1.54, 1.807) is 48.5 Å². The number of nitrogens with zero attached hydrogens (tertiary/aromatic N) is 2. The van der Waals surface area contributed by atoms with Crippen LogP contribution in [0.5, 0.6) is 0 Å². The summed E-state index contributed by atoms with van der Waals surface area (Å²) in [5.74, 6) is 0. The van der Waals surface area contributed by atoms with Crippen LogP contribution < -0.4 is 9.44 Å². The number of nitrogens with one attached hydrogen (secondary N) is 2. The average Bonchev–Trinajstić information content (AvgIpc) is 2.52. The zero-order valence-electron chi connectivity index (χ0n) is 14.1. The Balaban J connectivity index is 1.95. The molecule has 26 heavy (non-hydrogen) atoms. The molecular formula is C16H18N4O4S2. The molecule has 0 unspecified atom stereocenters. The van der Waals surface area contributed by atoms with Crippen LogP contribution in [0.25, 0.3) is 0 Å². The second-order valence-electron chi connectivity index (χ2n) is 5.48. The second kappa shape index (κ2) is 8.11. The van der Waals surface area contributed by atoms with E-state index in [2.05, 4.69) is 19.6 Å². The van der Waals surface area contributed by atoms with Gasteiger partial charge in [-0.3, -0.25) is 9.44 Å². The molecule has 0 spiro atoms. The third-order valence-corrected chi connectivity index (χ3v) is 4.12. The van der Waals surface area contributed by atoms with Crippen LogP contribution in [0.4, 0.5) is 11.4 Å². The summed E-state index contributed by atoms with van der Waals surface area (Å²) < 4.78 is 49.3. The molecule has 2 aromatic rings. The van der Waals surface area contributed by atoms with Gasteiger partial charge in [0.1, 0.15) is 0 Å². The van der Waals surface area contributed by atoms with E-state index >= 15 is 0 Å². The van der Waals surface area contributed by atoms with Crippen LogP contribution in [0.15, 0.2) is 58.7 Å². The van der Waals surface area contributed by atoms with Crippen molar-refractivity contribution < 1.29 is 16.8 Å². The minimum Gasteiger partial charge on any atom is -0.284 e. The van der Waals surface area contributed by atoms with Gasteiger partial charge in [0, 0.05) is 11.4 Å². The Labute approximate surface area is 152 Å². The van der Waals surface area contributed by atoms with Crippen molar-refractivity contribution in [2.75, 3.05) is 22.0 Å². The van der Waals surface area contributed by atoms with Crippen LogP contribution in [0.2, 0.25) is 0 Å². The van der Waals surface area contributed by atoms with Crippen molar-refractivity contribution in [1.82, 2.24) is 0 Å². The van der Waals surface area contributed by atoms with Crippen LogP contribution >= 0.6 is 0 Å². The van der Waals surface area contributed by atoms with Gasteiger partial charge in [-0.1, -0.05) is 24.3 Å². The molecule has 0 radical (unpaired) electrons. The van der Waals surface area contributed by atoms with Gasteiger partial charge in [0.05, 0.1) is 24.9 Å². The number of rotatable bonds is 7. The summed E-state index contributed by atoms with van der Waals surface area (Å²) in [5, 5.41) is 7.83. The largest absolute Gasteiger partial charge is 0.284 e. The Morgan fingerprint density at radius 1 is 0.654 bits per heavy atom. The van der Waals surface area contributed by atoms with Gasteiger partial charge in [0.2, 0.25) is 20.0 Å². The van der Waals surface area contributed by atoms with Crippen molar-refractivity contribution in [1.29, 1.82) is 0 Å². The van der Waals surface area contributed by atoms with Crippen molar-refractivity contribution in [3.63, 3.8) is 0 Å². The highest BCUT2D eigenvalue weighted by molar-refractivity contribution is 7.92. The minimum atomic E-state index is -3.30. The molecule has 0 aliphatic carbocycles. The topological polar surface area (TPSA) is 117 Å². The van der Waals surface area contributed by atoms with Crippen LogP contribution in [0.3, 0.4) is 0 Å². The predicted molar refractivity (Wildman–Crippen MR) is 105 cm³/mol. The first-order valence-corrected chi connectivity index (χ1v) is 11.1. The van der Waals surface area contributed by atoms with Gasteiger partial charge >= 0.3 is 0 Å². The molecule has 0 amide bonds. The Hall–Kier alpha value is -2.72. The quantitative estimate of drug-likeness (QED) is 0.551. The Morgan fingerprint density at radius 3 is 1.23 bits per heavy atom. The molecule has 0 saturated heterocycles. The fourth-order valence-electron chi connectivity index (χ4n) is 1.90. The molecule has 0 aromatic heterocycles. The maximum Gasteiger partial charge on any atom is 0.229 e. The van der Waals surface area contributed by atoms with Crippen molar-refractivity contribution in [3.05, 3.63) is 59.7 Å². The zero-order chi connectivity index (χ0) is 19.2. The molecule has 0 fully saturated rings. The molecule has 138 valence electrons. The maximum atomic E-state index is 11.1. The standard InChI is InChI=1S/C16H18N4O4S2/c1-25(21,22)19-15-7-3-13(4-8-15)11-17-18-12-14-5-9-16(10-6-14)20-26(2,23)24/h3-12,19-20H,1-2H3/b17-11+,18-12+. The number of hydrogen-bond donors (Lipinski definition) is 2. The van der Waals surface area contributed by atoms with Crippen molar-refractivity contribution in [3.8, 4) is 0 Å². The van der Waals surface area contributed by atoms with Gasteiger partial charge in [0.15, 0.2) is 0 Å². The molecular weight excluding hydrogens is 376 g/mol. The van der Waals surface area contributed by atoms with E-state index < -0.39 is 20.0 Å². The van der Waals surface area contributed by atoms with Crippen LogP contribution in [-0.4, -0.2) is 41.8 Å². The molecule has 0 heterocycles. The Morgan fingerprint density at radius 2 is 0.962 bits per heavy atom. The molecule has 2 rings (SSSR count). The summed E-state index contributed by atoms with van der Waals surface area (Å²) in [5.41, 5.74) is 2.45. The molecule has 0 aliphatic rings. The van der Waals surface area contributed by atoms with E-state index in [-0.39, 0.29) is 0 Å². The highest BCUT2D eigenvalue weighted by Gasteiger charge is 2.01. The lowest BCUT2D eigenvalue weighted by molar-refractivity contribution is 0.605. The molecule has 0 bridgehead atoms. The van der Waals surface area contributed by atoms with Crippen LogP contribution in [0.1, 0.15) is 11.1 Å². The lowest BCUT2D eigenvalue weighted by Gasteiger charge is -2.03. The monoisotopic (exact) mass is 394 g/mol. The molecule has 0 aliphatic heterocycles. The third-order valence-electron chi connectivity index (χ3n) is 2.91. The predicted octanol–water partition coefficient (Wildman–Crippen LogP) is 1.88. The van der Waals surface area contributed by atoms with E-state index in [4.69, 9.17) is 0 Å². The molecule has 0 atom stereocenters. The van der Waals surface area contributed by atoms with E-state index in [0.29, 0.717) is 11.4 Å². The normalized spacial score (nSPS) is 12.5. The van der Waals surface area contributed by atoms with Gasteiger partial charge in [-0.2, -0.15) is 10.2 Å². The highest BCUT2D eigenvalue weighted by atomic mass is 32.2. The number of benzene rings is 2. The first kappa shape index (κ1) is 19.6. The summed E-state index contributed by atoms with van der Waals surface area (Å²) in [7, 11) is -6.60. The summed E-state index contributed by atoms with van der Waals surface area (Å²) in [4.78, 5) is 0. The van der Waals surface area contributed by atoms with Gasteiger partial charge < -0.3 is 0 Å². The number of sulfonamides is 2. The van der Waals surface area contributed by atoms with E-state index in [1.165, 1.54) is 12.4 Å². The van der Waals surface area contributed by atoms with Crippen LogP contribution in [0, 0.1) is 0 Å². The van der Waals surface area contributed by atoms with Gasteiger partial charge in [-0.15, -0.1) is 0 Å². The highest BCUT2D eigenvalue weighted by Crippen LogP contribution is 2.10. The molecule has 2 aromatic carbocycles. The van der Waals surface area contributed by atoms with Crippen molar-refractivity contribution >= 4 is 43.9 Å². The molecule has 2 N–H and O–H groups in total. The fraction of sp³-hybridized carbons (Fsp3) is 0.125. The summed E-state index contributed by atoms with van der Waals surface area (Å²) in [6.45, 7) is 0. The third kappa shape index (κ3) is 7.45. The summed E-state index contributed by atoms with van der Waals surface area (Å²) in [6, 6.07) is 13.3. The summed E-state index contributed by atoms with van der Waals surface area (Å²) >= 11 is 0. The van der Waals surface area contributed by atoms with Crippen molar-refractivity contribution in [2.45, 2.75) is 0 Å². The molecule has 0 saturated carbocycles. The van der Waals surface area contributed by atoms with Crippen molar-refractivity contribution in [2.24, 2.45) is 10.2 Å². The molecule has 8 nitrogen and oxygen atoms in total. The SMILES string of the molecule is CS(=O)(=O)Nc1ccc(/C=N/N=C/c2ccc(NS(C)(=O)=O)cc2)cc1. The Bertz CT molecular complexity index is 925. The number of anilines is 2. The van der Waals surface area contributed by atoms with Crippen LogP contribution in [-0.2, 0) is 20.0 Å². The average molecular weight is 394 g/mol. The van der Waals surface area contributed by atoms with E-state index in [1.807, 2.05) is 0 Å². The van der Waals surface area contributed by atoms with Gasteiger partial charge in [0.25, 0.3) is 0 Å². The first-order chi connectivity index (χ1) is 12.1. The first-order valence-electron chi connectivity index (χ1n) is 7.33. The lowest BCUT2D eigenvalue weighted by atomic mass is 10.2. The Kier molecular flexibility index (Phi) is 6.11. The number of hydrogen-bond acceptors (Lipinski definition) is 6.